The van der Waals surface area contributed by atoms with Crippen LogP contribution in [-0.2, 0) is 15.0 Å². The lowest BCUT2D eigenvalue weighted by Gasteiger charge is -2.47. The zero-order valence-electron chi connectivity index (χ0n) is 19.8. The van der Waals surface area contributed by atoms with Crippen molar-refractivity contribution in [3.8, 4) is 6.07 Å². The summed E-state index contributed by atoms with van der Waals surface area (Å²) in [6.07, 6.45) is 0.540. The fraction of sp³-hybridized carbons (Fsp3) is 0.269. The van der Waals surface area contributed by atoms with Crippen LogP contribution in [0.3, 0.4) is 0 Å². The number of rotatable bonds is 2. The van der Waals surface area contributed by atoms with Gasteiger partial charge in [-0.3, -0.25) is 24.6 Å². The van der Waals surface area contributed by atoms with Gasteiger partial charge >= 0.3 is 0 Å². The Labute approximate surface area is 215 Å². The number of allylic oxidation sites excluding steroid dienone is 1. The minimum Gasteiger partial charge on any atom is -0.384 e. The van der Waals surface area contributed by atoms with Gasteiger partial charge in [0, 0.05) is 45.5 Å². The molecule has 2 aromatic carbocycles. The number of nitrogens with one attached hydrogen (secondary N) is 1. The summed E-state index contributed by atoms with van der Waals surface area (Å²) < 4.78 is 0.677. The number of aryl methyl sites for hydroxylation is 1. The van der Waals surface area contributed by atoms with E-state index in [9.17, 15) is 25.0 Å². The Morgan fingerprint density at radius 1 is 1.19 bits per heavy atom. The monoisotopic (exact) mass is 547 g/mol. The first kappa shape index (κ1) is 23.8. The van der Waals surface area contributed by atoms with E-state index in [2.05, 4.69) is 27.3 Å². The van der Waals surface area contributed by atoms with Crippen molar-refractivity contribution in [3.63, 3.8) is 0 Å². The quantitative estimate of drug-likeness (QED) is 0.409. The molecule has 10 heteroatoms. The number of hydrogen-bond donors (Lipinski definition) is 2. The molecule has 2 aliphatic heterocycles. The van der Waals surface area contributed by atoms with Gasteiger partial charge in [-0.25, -0.2) is 0 Å². The lowest BCUT2D eigenvalue weighted by Crippen LogP contribution is -2.52. The first-order valence-electron chi connectivity index (χ1n) is 11.3. The molecule has 1 amide bonds. The highest BCUT2D eigenvalue weighted by Crippen LogP contribution is 2.57. The number of ketones is 1. The van der Waals surface area contributed by atoms with E-state index in [1.807, 2.05) is 13.8 Å². The summed E-state index contributed by atoms with van der Waals surface area (Å²) in [5.74, 6) is -0.822. The molecule has 3 N–H and O–H groups in total. The summed E-state index contributed by atoms with van der Waals surface area (Å²) in [7, 11) is 0. The Bertz CT molecular complexity index is 1520. The topological polar surface area (TPSA) is 142 Å². The predicted molar refractivity (Wildman–Crippen MR) is 137 cm³/mol. The van der Waals surface area contributed by atoms with E-state index in [1.54, 1.807) is 36.1 Å². The summed E-state index contributed by atoms with van der Waals surface area (Å²) in [5.41, 5.74) is 6.93. The molecule has 1 unspecified atom stereocenters. The molecule has 0 fully saturated rings. The van der Waals surface area contributed by atoms with E-state index < -0.39 is 21.7 Å². The number of carbonyl (C=O) groups is 2. The number of nitrogens with two attached hydrogens (primary N) is 1. The number of carbonyl (C=O) groups excluding carboxylic acids is 2. The van der Waals surface area contributed by atoms with Crippen LogP contribution in [0.5, 0.6) is 0 Å². The van der Waals surface area contributed by atoms with Crippen LogP contribution in [0.15, 0.2) is 63.5 Å². The van der Waals surface area contributed by atoms with Crippen LogP contribution in [0, 0.1) is 33.8 Å². The number of Topliss-reactive ketones (excluding diaryl/α,β-unsaturated/α-hetero) is 1. The van der Waals surface area contributed by atoms with Gasteiger partial charge in [0.2, 0.25) is 5.91 Å². The van der Waals surface area contributed by atoms with Crippen LogP contribution in [0.25, 0.3) is 0 Å². The Hall–Kier alpha value is -3.97. The van der Waals surface area contributed by atoms with Gasteiger partial charge in [0.25, 0.3) is 5.69 Å². The van der Waals surface area contributed by atoms with Crippen LogP contribution in [0.1, 0.15) is 37.8 Å². The number of nitro benzene ring substituents is 1. The average molecular weight is 548 g/mol. The zero-order valence-corrected chi connectivity index (χ0v) is 21.4. The largest absolute Gasteiger partial charge is 0.384 e. The molecule has 0 aromatic heterocycles. The maximum absolute atomic E-state index is 13.9. The van der Waals surface area contributed by atoms with Crippen molar-refractivity contribution in [1.82, 2.24) is 0 Å². The summed E-state index contributed by atoms with van der Waals surface area (Å²) in [6.45, 7) is 5.66. The second-order valence-corrected chi connectivity index (χ2v) is 11.0. The molecule has 0 radical (unpaired) electrons. The van der Waals surface area contributed by atoms with Gasteiger partial charge in [0.1, 0.15) is 17.3 Å². The molecule has 1 aliphatic carbocycles. The molecule has 2 heterocycles. The number of fused-ring (bicyclic) bond motifs is 3. The van der Waals surface area contributed by atoms with E-state index >= 15 is 0 Å². The first-order chi connectivity index (χ1) is 16.9. The number of nitriles is 1. The molecule has 0 saturated heterocycles. The Morgan fingerprint density at radius 2 is 1.92 bits per heavy atom. The predicted octanol–water partition coefficient (Wildman–Crippen LogP) is 4.71. The van der Waals surface area contributed by atoms with Crippen LogP contribution in [0.4, 0.5) is 17.1 Å². The van der Waals surface area contributed by atoms with Crippen LogP contribution >= 0.6 is 15.9 Å². The summed E-state index contributed by atoms with van der Waals surface area (Å²) in [4.78, 5) is 40.3. The van der Waals surface area contributed by atoms with E-state index in [0.29, 0.717) is 39.1 Å². The molecular formula is C26H22BrN5O4. The highest BCUT2D eigenvalue weighted by molar-refractivity contribution is 9.10. The maximum Gasteiger partial charge on any atom is 0.271 e. The smallest absolute Gasteiger partial charge is 0.271 e. The van der Waals surface area contributed by atoms with E-state index in [-0.39, 0.29) is 34.9 Å². The number of anilines is 2. The molecular weight excluding hydrogens is 526 g/mol. The molecule has 2 aromatic rings. The number of nitrogens with zero attached hydrogens (tertiary/aromatic N) is 3. The minimum atomic E-state index is -1.72. The molecule has 36 heavy (non-hydrogen) atoms. The van der Waals surface area contributed by atoms with Crippen molar-refractivity contribution in [2.75, 3.05) is 10.2 Å². The lowest BCUT2D eigenvalue weighted by molar-refractivity contribution is -0.384. The van der Waals surface area contributed by atoms with Crippen molar-refractivity contribution in [2.45, 2.75) is 39.0 Å². The van der Waals surface area contributed by atoms with Gasteiger partial charge < -0.3 is 11.1 Å². The van der Waals surface area contributed by atoms with Crippen LogP contribution in [0.2, 0.25) is 0 Å². The Balaban J connectivity index is 1.92. The van der Waals surface area contributed by atoms with E-state index in [4.69, 9.17) is 5.73 Å². The third-order valence-electron chi connectivity index (χ3n) is 7.10. The van der Waals surface area contributed by atoms with Crippen molar-refractivity contribution < 1.29 is 14.5 Å². The molecule has 1 atom stereocenters. The molecule has 0 saturated carbocycles. The summed E-state index contributed by atoms with van der Waals surface area (Å²) in [6, 6.07) is 11.7. The number of benzene rings is 2. The van der Waals surface area contributed by atoms with Crippen molar-refractivity contribution in [2.24, 2.45) is 11.1 Å². The average Bonchev–Trinajstić information content (AvgIpc) is 3.05. The van der Waals surface area contributed by atoms with Crippen molar-refractivity contribution in [3.05, 3.63) is 84.8 Å². The highest BCUT2D eigenvalue weighted by Gasteiger charge is 2.61. The van der Waals surface area contributed by atoms with Gasteiger partial charge in [0.05, 0.1) is 16.2 Å². The second-order valence-electron chi connectivity index (χ2n) is 10.1. The molecule has 0 bridgehead atoms. The lowest BCUT2D eigenvalue weighted by atomic mass is 9.60. The Morgan fingerprint density at radius 3 is 2.58 bits per heavy atom. The maximum atomic E-state index is 13.9. The normalized spacial score (nSPS) is 22.4. The van der Waals surface area contributed by atoms with Crippen molar-refractivity contribution in [1.29, 1.82) is 5.26 Å². The molecule has 182 valence electrons. The zero-order chi connectivity index (χ0) is 26.2. The molecule has 1 spiro atoms. The van der Waals surface area contributed by atoms with Gasteiger partial charge in [0.15, 0.2) is 5.78 Å². The van der Waals surface area contributed by atoms with Gasteiger partial charge in [-0.15, -0.1) is 0 Å². The number of halogens is 1. The number of amides is 1. The van der Waals surface area contributed by atoms with Crippen LogP contribution in [-0.4, -0.2) is 16.6 Å². The number of non-ortho nitro benzene ring substituents is 1. The summed E-state index contributed by atoms with van der Waals surface area (Å²) >= 11 is 3.45. The fourth-order valence-electron chi connectivity index (χ4n) is 5.62. The third-order valence-corrected chi connectivity index (χ3v) is 7.59. The highest BCUT2D eigenvalue weighted by atomic mass is 79.9. The molecule has 9 nitrogen and oxygen atoms in total. The number of hydrogen-bond acceptors (Lipinski definition) is 7. The third kappa shape index (κ3) is 3.12. The summed E-state index contributed by atoms with van der Waals surface area (Å²) in [5, 5.41) is 24.8. The minimum absolute atomic E-state index is 0.0340. The standard InChI is InChI=1S/C26H22BrN5O4/c1-13-4-6-15(32(35)36)9-19(13)31-20-10-25(2,3)11-21(33)22(20)26(17(12-28)23(31)29)16-8-14(27)5-7-18(16)30-24(26)34/h4-9H,10-11,29H2,1-3H3,(H,30,34). The van der Waals surface area contributed by atoms with E-state index in [1.165, 1.54) is 12.1 Å². The fourth-order valence-corrected chi connectivity index (χ4v) is 5.98. The molecule has 5 rings (SSSR count). The van der Waals surface area contributed by atoms with Gasteiger partial charge in [-0.1, -0.05) is 35.8 Å². The van der Waals surface area contributed by atoms with Gasteiger partial charge in [-0.2, -0.15) is 5.26 Å². The number of nitro groups is 1. The first-order valence-corrected chi connectivity index (χ1v) is 12.1. The van der Waals surface area contributed by atoms with E-state index in [0.717, 1.165) is 0 Å². The SMILES string of the molecule is Cc1ccc([N+](=O)[O-])cc1N1C(N)=C(C#N)C2(C(=O)Nc3ccc(Br)cc32)C2=C1CC(C)(C)CC2=O. The second kappa shape index (κ2) is 7.77. The van der Waals surface area contributed by atoms with Gasteiger partial charge in [-0.05, 0) is 42.5 Å². The Kier molecular flexibility index (Phi) is 5.12. The van der Waals surface area contributed by atoms with Crippen LogP contribution < -0.4 is 16.0 Å². The van der Waals surface area contributed by atoms with Crippen molar-refractivity contribution >= 4 is 44.7 Å². The molecule has 3 aliphatic rings.